The Morgan fingerprint density at radius 2 is 2.17 bits per heavy atom. The maximum Gasteiger partial charge on any atom is 0.205 e. The maximum atomic E-state index is 4.50. The summed E-state index contributed by atoms with van der Waals surface area (Å²) in [5.41, 5.74) is 0. The van der Waals surface area contributed by atoms with Crippen molar-refractivity contribution in [2.24, 2.45) is 0 Å². The molecule has 100 valence electrons. The molecule has 1 saturated heterocycles. The summed E-state index contributed by atoms with van der Waals surface area (Å²) in [6.45, 7) is 6.79. The average molecular weight is 249 g/mol. The zero-order chi connectivity index (χ0) is 12.4. The van der Waals surface area contributed by atoms with Crippen LogP contribution in [0.1, 0.15) is 18.9 Å². The second-order valence-corrected chi connectivity index (χ2v) is 5.38. The molecule has 1 aromatic rings. The van der Waals surface area contributed by atoms with Crippen LogP contribution < -0.4 is 10.2 Å². The van der Waals surface area contributed by atoms with Crippen LogP contribution in [0.3, 0.4) is 0 Å². The predicted molar refractivity (Wildman–Crippen MR) is 73.1 cm³/mol. The Morgan fingerprint density at radius 1 is 1.39 bits per heavy atom. The van der Waals surface area contributed by atoms with Crippen molar-refractivity contribution < 1.29 is 0 Å². The van der Waals surface area contributed by atoms with Gasteiger partial charge in [0.2, 0.25) is 5.95 Å². The van der Waals surface area contributed by atoms with Gasteiger partial charge < -0.3 is 14.8 Å². The van der Waals surface area contributed by atoms with E-state index < -0.39 is 0 Å². The van der Waals surface area contributed by atoms with Crippen LogP contribution in [0.5, 0.6) is 0 Å². The van der Waals surface area contributed by atoms with E-state index in [9.17, 15) is 0 Å². The Bertz CT molecular complexity index is 378. The molecule has 1 aliphatic carbocycles. The molecule has 5 nitrogen and oxygen atoms in total. The highest BCUT2D eigenvalue weighted by Gasteiger charge is 2.26. The van der Waals surface area contributed by atoms with Crippen molar-refractivity contribution in [3.05, 3.63) is 12.4 Å². The first-order valence-corrected chi connectivity index (χ1v) is 7.01. The number of rotatable bonds is 5. The molecule has 1 aliphatic heterocycles. The van der Waals surface area contributed by atoms with Gasteiger partial charge in [-0.2, -0.15) is 0 Å². The lowest BCUT2D eigenvalue weighted by Gasteiger charge is -2.29. The highest BCUT2D eigenvalue weighted by atomic mass is 15.3. The summed E-state index contributed by atoms with van der Waals surface area (Å²) in [6, 6.07) is 0.712. The Morgan fingerprint density at radius 3 is 2.89 bits per heavy atom. The van der Waals surface area contributed by atoms with E-state index in [1.807, 2.05) is 6.20 Å². The topological polar surface area (TPSA) is 36.3 Å². The number of imidazole rings is 1. The summed E-state index contributed by atoms with van der Waals surface area (Å²) in [7, 11) is 2.16. The van der Waals surface area contributed by atoms with Crippen LogP contribution in [-0.2, 0) is 0 Å². The molecule has 0 amide bonds. The largest absolute Gasteiger partial charge is 0.344 e. The predicted octanol–water partition coefficient (Wildman–Crippen LogP) is 0.559. The minimum Gasteiger partial charge on any atom is -0.344 e. The van der Waals surface area contributed by atoms with Crippen molar-refractivity contribution in [2.75, 3.05) is 51.2 Å². The molecule has 18 heavy (non-hydrogen) atoms. The fourth-order valence-corrected chi connectivity index (χ4v) is 2.56. The maximum absolute atomic E-state index is 4.50. The molecule has 0 unspecified atom stereocenters. The quantitative estimate of drug-likeness (QED) is 0.827. The van der Waals surface area contributed by atoms with Crippen LogP contribution in [0, 0.1) is 0 Å². The van der Waals surface area contributed by atoms with E-state index >= 15 is 0 Å². The molecule has 0 bridgehead atoms. The van der Waals surface area contributed by atoms with E-state index in [4.69, 9.17) is 0 Å². The van der Waals surface area contributed by atoms with E-state index in [2.05, 4.69) is 37.9 Å². The van der Waals surface area contributed by atoms with Gasteiger partial charge in [0, 0.05) is 64.8 Å². The first-order chi connectivity index (χ1) is 8.84. The van der Waals surface area contributed by atoms with Gasteiger partial charge >= 0.3 is 0 Å². The molecule has 2 aliphatic rings. The number of aromatic nitrogens is 2. The lowest BCUT2D eigenvalue weighted by molar-refractivity contribution is 0.246. The lowest BCUT2D eigenvalue weighted by atomic mass is 10.3. The minimum absolute atomic E-state index is 0.712. The van der Waals surface area contributed by atoms with Gasteiger partial charge in [0.25, 0.3) is 0 Å². The fourth-order valence-electron chi connectivity index (χ4n) is 2.56. The second-order valence-electron chi connectivity index (χ2n) is 5.38. The standard InChI is InChI=1S/C13H23N5/c1-16(10-11-17-7-4-14-5-8-17)13-15-6-9-18(13)12-2-3-12/h6,9,12,14H,2-5,7-8,10-11H2,1H3. The molecule has 0 aromatic carbocycles. The number of nitrogens with zero attached hydrogens (tertiary/aromatic N) is 4. The number of nitrogens with one attached hydrogen (secondary N) is 1. The van der Waals surface area contributed by atoms with Crippen molar-refractivity contribution in [3.8, 4) is 0 Å². The molecule has 3 rings (SSSR count). The summed E-state index contributed by atoms with van der Waals surface area (Å²) in [5.74, 6) is 1.13. The third-order valence-electron chi connectivity index (χ3n) is 3.89. The molecule has 1 saturated carbocycles. The Hall–Kier alpha value is -1.07. The van der Waals surface area contributed by atoms with Crippen LogP contribution in [0.2, 0.25) is 0 Å². The second kappa shape index (κ2) is 5.28. The van der Waals surface area contributed by atoms with Gasteiger partial charge in [-0.25, -0.2) is 4.98 Å². The monoisotopic (exact) mass is 249 g/mol. The van der Waals surface area contributed by atoms with Crippen LogP contribution in [0.25, 0.3) is 0 Å². The SMILES string of the molecule is CN(CCN1CCNCC1)c1nccn1C1CC1. The highest BCUT2D eigenvalue weighted by molar-refractivity contribution is 5.31. The van der Waals surface area contributed by atoms with E-state index in [0.717, 1.165) is 32.1 Å². The van der Waals surface area contributed by atoms with Crippen molar-refractivity contribution in [1.29, 1.82) is 0 Å². The number of anilines is 1. The Labute approximate surface area is 109 Å². The minimum atomic E-state index is 0.712. The lowest BCUT2D eigenvalue weighted by Crippen LogP contribution is -2.46. The molecule has 0 atom stereocenters. The van der Waals surface area contributed by atoms with Crippen LogP contribution in [-0.4, -0.2) is 60.8 Å². The molecule has 1 N–H and O–H groups in total. The van der Waals surface area contributed by atoms with E-state index in [1.54, 1.807) is 0 Å². The van der Waals surface area contributed by atoms with Crippen molar-refractivity contribution >= 4 is 5.95 Å². The molecule has 0 radical (unpaired) electrons. The normalized spacial score (nSPS) is 21.2. The molecule has 0 spiro atoms. The van der Waals surface area contributed by atoms with Crippen molar-refractivity contribution in [3.63, 3.8) is 0 Å². The summed E-state index contributed by atoms with van der Waals surface area (Å²) in [6.07, 6.45) is 6.67. The van der Waals surface area contributed by atoms with Gasteiger partial charge in [0.1, 0.15) is 0 Å². The van der Waals surface area contributed by atoms with Gasteiger partial charge in [0.15, 0.2) is 0 Å². The molecule has 5 heteroatoms. The van der Waals surface area contributed by atoms with E-state index in [0.29, 0.717) is 6.04 Å². The third kappa shape index (κ3) is 2.67. The number of hydrogen-bond donors (Lipinski definition) is 1. The Kier molecular flexibility index (Phi) is 3.52. The molecular formula is C13H23N5. The number of likely N-dealkylation sites (N-methyl/N-ethyl adjacent to an activating group) is 1. The Balaban J connectivity index is 1.53. The third-order valence-corrected chi connectivity index (χ3v) is 3.89. The van der Waals surface area contributed by atoms with Gasteiger partial charge in [-0.05, 0) is 12.8 Å². The van der Waals surface area contributed by atoms with E-state index in [1.165, 1.54) is 25.9 Å². The summed E-state index contributed by atoms with van der Waals surface area (Å²) < 4.78 is 2.33. The fraction of sp³-hybridized carbons (Fsp3) is 0.769. The smallest absolute Gasteiger partial charge is 0.205 e. The summed E-state index contributed by atoms with van der Waals surface area (Å²) in [5, 5.41) is 3.39. The summed E-state index contributed by atoms with van der Waals surface area (Å²) >= 11 is 0. The van der Waals surface area contributed by atoms with Crippen LogP contribution in [0.4, 0.5) is 5.95 Å². The highest BCUT2D eigenvalue weighted by Crippen LogP contribution is 2.37. The van der Waals surface area contributed by atoms with Gasteiger partial charge in [-0.15, -0.1) is 0 Å². The average Bonchev–Trinajstić information content (AvgIpc) is 3.14. The van der Waals surface area contributed by atoms with Crippen molar-refractivity contribution in [2.45, 2.75) is 18.9 Å². The number of hydrogen-bond acceptors (Lipinski definition) is 4. The zero-order valence-electron chi connectivity index (χ0n) is 11.2. The summed E-state index contributed by atoms with van der Waals surface area (Å²) in [4.78, 5) is 9.32. The van der Waals surface area contributed by atoms with Crippen LogP contribution in [0.15, 0.2) is 12.4 Å². The molecule has 2 heterocycles. The van der Waals surface area contributed by atoms with Crippen molar-refractivity contribution in [1.82, 2.24) is 19.8 Å². The molecular weight excluding hydrogens is 226 g/mol. The van der Waals surface area contributed by atoms with E-state index in [-0.39, 0.29) is 0 Å². The van der Waals surface area contributed by atoms with Gasteiger partial charge in [-0.3, -0.25) is 4.90 Å². The first kappa shape index (κ1) is 12.0. The number of piperazine rings is 1. The zero-order valence-corrected chi connectivity index (χ0v) is 11.2. The first-order valence-electron chi connectivity index (χ1n) is 7.01. The molecule has 1 aromatic heterocycles. The van der Waals surface area contributed by atoms with Crippen LogP contribution >= 0.6 is 0 Å². The molecule has 2 fully saturated rings. The van der Waals surface area contributed by atoms with Gasteiger partial charge in [0.05, 0.1) is 0 Å². The van der Waals surface area contributed by atoms with Gasteiger partial charge in [-0.1, -0.05) is 0 Å².